The zero-order valence-electron chi connectivity index (χ0n) is 15.6. The second kappa shape index (κ2) is 7.94. The molecule has 0 atom stereocenters. The summed E-state index contributed by atoms with van der Waals surface area (Å²) in [6, 6.07) is 9.78. The molecule has 2 aromatic carbocycles. The van der Waals surface area contributed by atoms with E-state index in [1.165, 1.54) is 12.1 Å². The topological polar surface area (TPSA) is 42.7 Å². The van der Waals surface area contributed by atoms with E-state index in [4.69, 9.17) is 20.8 Å². The second-order valence-electron chi connectivity index (χ2n) is 7.12. The van der Waals surface area contributed by atoms with E-state index < -0.39 is 0 Å². The minimum absolute atomic E-state index is 0.261. The third-order valence-electron chi connectivity index (χ3n) is 5.01. The van der Waals surface area contributed by atoms with E-state index in [0.29, 0.717) is 36.2 Å². The molecule has 0 spiro atoms. The van der Waals surface area contributed by atoms with Crippen LogP contribution in [0.5, 0.6) is 5.75 Å². The van der Waals surface area contributed by atoms with Gasteiger partial charge in [0.15, 0.2) is 0 Å². The third kappa shape index (κ3) is 3.77. The lowest BCUT2D eigenvalue weighted by molar-refractivity contribution is 0.0890. The van der Waals surface area contributed by atoms with E-state index in [1.807, 2.05) is 6.07 Å². The summed E-state index contributed by atoms with van der Waals surface area (Å²) < 4.78 is 24.6. The number of hydrogen-bond donors (Lipinski definition) is 0. The van der Waals surface area contributed by atoms with E-state index in [2.05, 4.69) is 11.8 Å². The van der Waals surface area contributed by atoms with Crippen LogP contribution in [0.25, 0.3) is 11.0 Å². The molecule has 4 nitrogen and oxygen atoms in total. The summed E-state index contributed by atoms with van der Waals surface area (Å²) >= 11 is 6.49. The Bertz CT molecular complexity index is 1060. The van der Waals surface area contributed by atoms with Crippen molar-refractivity contribution < 1.29 is 13.5 Å². The van der Waals surface area contributed by atoms with Gasteiger partial charge in [0.05, 0.1) is 10.6 Å². The lowest BCUT2D eigenvalue weighted by atomic mass is 10.0. The van der Waals surface area contributed by atoms with Crippen LogP contribution < -0.4 is 10.4 Å². The monoisotopic (exact) mass is 401 g/mol. The summed E-state index contributed by atoms with van der Waals surface area (Å²) in [4.78, 5) is 14.2. The molecule has 0 unspecified atom stereocenters. The summed E-state index contributed by atoms with van der Waals surface area (Å²) in [5.41, 5.74) is 2.89. The van der Waals surface area contributed by atoms with Gasteiger partial charge in [0.2, 0.25) is 0 Å². The number of nitrogens with zero attached hydrogens (tertiary/aromatic N) is 1. The maximum Gasteiger partial charge on any atom is 0.336 e. The van der Waals surface area contributed by atoms with E-state index in [9.17, 15) is 9.18 Å². The van der Waals surface area contributed by atoms with Crippen molar-refractivity contribution in [2.24, 2.45) is 0 Å². The van der Waals surface area contributed by atoms with Crippen molar-refractivity contribution in [3.8, 4) is 5.75 Å². The molecule has 0 radical (unpaired) electrons. The number of aryl methyl sites for hydroxylation is 1. The summed E-state index contributed by atoms with van der Waals surface area (Å²) in [6.45, 7) is 3.59. The lowest BCUT2D eigenvalue weighted by Gasteiger charge is -2.30. The van der Waals surface area contributed by atoms with Gasteiger partial charge in [-0.2, -0.15) is 0 Å². The molecule has 0 amide bonds. The molecule has 1 aromatic heterocycles. The van der Waals surface area contributed by atoms with Gasteiger partial charge in [0.25, 0.3) is 0 Å². The van der Waals surface area contributed by atoms with Crippen molar-refractivity contribution in [1.82, 2.24) is 4.90 Å². The Morgan fingerprint density at radius 1 is 1.21 bits per heavy atom. The highest BCUT2D eigenvalue weighted by Gasteiger charge is 2.25. The molecular weight excluding hydrogens is 381 g/mol. The first-order valence-electron chi connectivity index (χ1n) is 9.43. The van der Waals surface area contributed by atoms with Gasteiger partial charge in [0.1, 0.15) is 23.9 Å². The molecule has 28 heavy (non-hydrogen) atoms. The number of benzene rings is 2. The van der Waals surface area contributed by atoms with E-state index in [-0.39, 0.29) is 11.4 Å². The Hall–Kier alpha value is -2.37. The average molecular weight is 402 g/mol. The predicted octanol–water partition coefficient (Wildman–Crippen LogP) is 5.28. The highest BCUT2D eigenvalue weighted by Crippen LogP contribution is 2.39. The molecule has 0 saturated carbocycles. The molecule has 0 fully saturated rings. The molecule has 3 aromatic rings. The van der Waals surface area contributed by atoms with Crippen LogP contribution in [-0.2, 0) is 19.5 Å². The van der Waals surface area contributed by atoms with Crippen molar-refractivity contribution in [2.75, 3.05) is 6.73 Å². The minimum Gasteiger partial charge on any atom is -0.476 e. The van der Waals surface area contributed by atoms with Crippen LogP contribution in [0.2, 0.25) is 5.02 Å². The largest absolute Gasteiger partial charge is 0.476 e. The fourth-order valence-electron chi connectivity index (χ4n) is 3.62. The van der Waals surface area contributed by atoms with Gasteiger partial charge in [0, 0.05) is 24.5 Å². The Morgan fingerprint density at radius 3 is 2.75 bits per heavy atom. The van der Waals surface area contributed by atoms with Crippen LogP contribution in [0.1, 0.15) is 36.5 Å². The number of unbranched alkanes of at least 4 members (excludes halogenated alkanes) is 1. The van der Waals surface area contributed by atoms with Crippen molar-refractivity contribution in [1.29, 1.82) is 0 Å². The number of halogens is 2. The number of rotatable bonds is 5. The average Bonchev–Trinajstić information content (AvgIpc) is 2.69. The molecule has 0 N–H and O–H groups in total. The summed E-state index contributed by atoms with van der Waals surface area (Å²) in [7, 11) is 0. The van der Waals surface area contributed by atoms with Crippen LogP contribution in [-0.4, -0.2) is 11.6 Å². The highest BCUT2D eigenvalue weighted by atomic mass is 35.5. The molecule has 1 aliphatic heterocycles. The first-order chi connectivity index (χ1) is 13.5. The number of hydrogen-bond acceptors (Lipinski definition) is 4. The van der Waals surface area contributed by atoms with E-state index in [1.54, 1.807) is 18.2 Å². The van der Waals surface area contributed by atoms with Crippen molar-refractivity contribution in [3.63, 3.8) is 0 Å². The molecule has 0 aliphatic carbocycles. The predicted molar refractivity (Wildman–Crippen MR) is 107 cm³/mol. The van der Waals surface area contributed by atoms with Gasteiger partial charge < -0.3 is 9.15 Å². The van der Waals surface area contributed by atoms with Crippen molar-refractivity contribution in [3.05, 3.63) is 74.3 Å². The fraction of sp³-hybridized carbons (Fsp3) is 0.318. The van der Waals surface area contributed by atoms with Gasteiger partial charge in [-0.15, -0.1) is 0 Å². The smallest absolute Gasteiger partial charge is 0.336 e. The second-order valence-corrected chi connectivity index (χ2v) is 7.53. The van der Waals surface area contributed by atoms with Crippen LogP contribution in [0.15, 0.2) is 45.6 Å². The third-order valence-corrected chi connectivity index (χ3v) is 5.29. The van der Waals surface area contributed by atoms with Gasteiger partial charge in [-0.05, 0) is 42.2 Å². The first-order valence-corrected chi connectivity index (χ1v) is 9.80. The van der Waals surface area contributed by atoms with Gasteiger partial charge in [-0.1, -0.05) is 37.1 Å². The molecule has 146 valence electrons. The summed E-state index contributed by atoms with van der Waals surface area (Å²) in [5, 5.41) is 1.39. The van der Waals surface area contributed by atoms with Crippen molar-refractivity contribution >= 4 is 22.6 Å². The fourth-order valence-corrected chi connectivity index (χ4v) is 3.90. The Balaban J connectivity index is 1.72. The van der Waals surface area contributed by atoms with Crippen LogP contribution in [0, 0.1) is 5.82 Å². The van der Waals surface area contributed by atoms with Gasteiger partial charge in [-0.25, -0.2) is 9.18 Å². The van der Waals surface area contributed by atoms with Crippen LogP contribution >= 0.6 is 11.6 Å². The van der Waals surface area contributed by atoms with Gasteiger partial charge >= 0.3 is 5.63 Å². The maximum absolute atomic E-state index is 13.2. The Morgan fingerprint density at radius 2 is 2.00 bits per heavy atom. The van der Waals surface area contributed by atoms with Crippen molar-refractivity contribution in [2.45, 2.75) is 39.3 Å². The molecule has 1 aliphatic rings. The molecule has 4 rings (SSSR count). The zero-order valence-corrected chi connectivity index (χ0v) is 16.4. The molecule has 0 bridgehead atoms. The zero-order chi connectivity index (χ0) is 19.7. The van der Waals surface area contributed by atoms with E-state index >= 15 is 0 Å². The quantitative estimate of drug-likeness (QED) is 0.545. The number of ether oxygens (including phenoxy) is 1. The molecule has 2 heterocycles. The van der Waals surface area contributed by atoms with Crippen LogP contribution in [0.3, 0.4) is 0 Å². The van der Waals surface area contributed by atoms with Crippen LogP contribution in [0.4, 0.5) is 4.39 Å². The summed E-state index contributed by atoms with van der Waals surface area (Å²) in [5.74, 6) is 0.309. The minimum atomic E-state index is -0.362. The van der Waals surface area contributed by atoms with Gasteiger partial charge in [-0.3, -0.25) is 4.90 Å². The molecule has 6 heteroatoms. The molecule has 0 saturated heterocycles. The number of fused-ring (bicyclic) bond motifs is 3. The summed E-state index contributed by atoms with van der Waals surface area (Å²) in [6.07, 6.45) is 2.82. The maximum atomic E-state index is 13.2. The lowest BCUT2D eigenvalue weighted by Crippen LogP contribution is -2.32. The highest BCUT2D eigenvalue weighted by molar-refractivity contribution is 6.33. The Labute approximate surface area is 167 Å². The SMILES string of the molecule is CCCCc1cc(=O)oc2c3c(c(Cl)cc12)OCN(Cc1ccc(F)cc1)C3. The normalized spacial score (nSPS) is 14.1. The standard InChI is InChI=1S/C22H21ClFNO3/c1-2-3-4-15-9-20(26)28-21-17(15)10-19(23)22-18(21)12-25(13-27-22)11-14-5-7-16(24)8-6-14/h5-10H,2-4,11-13H2,1H3. The molecular formula is C22H21ClFNO3. The first kappa shape index (κ1) is 19.0. The Kier molecular flexibility index (Phi) is 5.38. The van der Waals surface area contributed by atoms with E-state index in [0.717, 1.165) is 41.3 Å².